The van der Waals surface area contributed by atoms with Crippen molar-refractivity contribution in [1.82, 2.24) is 10.1 Å². The summed E-state index contributed by atoms with van der Waals surface area (Å²) in [6.07, 6.45) is -5.35. The molecule has 64 heavy (non-hydrogen) atoms. The molecule has 1 aromatic heterocycles. The highest BCUT2D eigenvalue weighted by Crippen LogP contribution is 2.43. The standard InChI is InChI=1S/C45H65BrN4O14/c1-13-35-45(8,55)36-18-32(47-27(6)51)23(2)19-44(7,41(25(4)37(52)26(5)42(54)62-35)63-43-38(53)34(50(9)10)16-24(3)61-43)59-21-28(20-58-36)48-60-22-29-17-33(49-64-29)30-14-15-31(46)40(57-12)39(30)56-11/h14-15,17,23-26,34-36,38,41,43,53,55H,13,16,18-22H2,1-12H3/b47-32?,48-28-/t23-,24-,25+,26-,34+,35-,36-,38-,41-,43+,44-,45-/m1/s1. The molecule has 3 aliphatic rings. The van der Waals surface area contributed by atoms with E-state index in [1.54, 1.807) is 39.0 Å². The van der Waals surface area contributed by atoms with Crippen molar-refractivity contribution in [2.45, 2.75) is 142 Å². The summed E-state index contributed by atoms with van der Waals surface area (Å²) in [4.78, 5) is 53.3. The number of benzene rings is 1. The zero-order chi connectivity index (χ0) is 47.3. The molecule has 2 aromatic rings. The molecule has 18 nitrogen and oxygen atoms in total. The van der Waals surface area contributed by atoms with E-state index in [4.69, 9.17) is 42.5 Å². The highest BCUT2D eigenvalue weighted by molar-refractivity contribution is 9.10. The summed E-state index contributed by atoms with van der Waals surface area (Å²) in [5, 5.41) is 32.6. The molecular formula is C45H65BrN4O14. The number of carbonyl (C=O) groups excluding carboxylic acids is 3. The van der Waals surface area contributed by atoms with Gasteiger partial charge in [-0.1, -0.05) is 31.1 Å². The average Bonchev–Trinajstić information content (AvgIpc) is 3.71. The van der Waals surface area contributed by atoms with Crippen LogP contribution in [-0.2, 0) is 49.5 Å². The van der Waals surface area contributed by atoms with Crippen LogP contribution in [0.1, 0.15) is 86.8 Å². The molecule has 1 amide bonds. The van der Waals surface area contributed by atoms with Crippen LogP contribution in [0.4, 0.5) is 0 Å². The largest absolute Gasteiger partial charge is 0.492 e. The van der Waals surface area contributed by atoms with Gasteiger partial charge < -0.3 is 57.6 Å². The van der Waals surface area contributed by atoms with Gasteiger partial charge >= 0.3 is 5.97 Å². The fraction of sp³-hybridized carbons (Fsp3) is 0.689. The van der Waals surface area contributed by atoms with Gasteiger partial charge in [-0.05, 0) is 95.0 Å². The number of Topliss-reactive ketones (excluding diaryl/α,β-unsaturated/α-hetero) is 1. The SMILES string of the molecule is CC[C@H]1OC(=O)[C@H](C)C(=O)[C@H](C)[C@@H](O[C@@H]2O[C@H](C)C[C@H](N(C)C)[C@H]2O)[C@@]2(C)C[C@@H](C)C(=NC(C)=O)C[C@@H](OC/C(=N/OCc3cc(-c4ccc(Br)c(OC)c4OC)no3)CO2)[C@]1(C)O. The van der Waals surface area contributed by atoms with E-state index in [0.717, 1.165) is 0 Å². The highest BCUT2D eigenvalue weighted by atomic mass is 79.9. The van der Waals surface area contributed by atoms with E-state index in [-0.39, 0.29) is 56.9 Å². The lowest BCUT2D eigenvalue weighted by molar-refractivity contribution is -0.296. The van der Waals surface area contributed by atoms with Crippen molar-refractivity contribution >= 4 is 45.0 Å². The zero-order valence-corrected chi connectivity index (χ0v) is 40.5. The van der Waals surface area contributed by atoms with Crippen LogP contribution in [0.3, 0.4) is 0 Å². The second-order valence-corrected chi connectivity index (χ2v) is 18.6. The van der Waals surface area contributed by atoms with Crippen LogP contribution in [0.25, 0.3) is 11.3 Å². The number of cyclic esters (lactones) is 1. The minimum atomic E-state index is -1.86. The molecule has 4 heterocycles. The summed E-state index contributed by atoms with van der Waals surface area (Å²) in [6, 6.07) is 4.94. The molecule has 0 radical (unpaired) electrons. The van der Waals surface area contributed by atoms with Crippen LogP contribution in [0, 0.1) is 17.8 Å². The van der Waals surface area contributed by atoms with Crippen molar-refractivity contribution in [2.75, 3.05) is 41.5 Å². The fourth-order valence-electron chi connectivity index (χ4n) is 8.85. The molecule has 0 aliphatic carbocycles. The summed E-state index contributed by atoms with van der Waals surface area (Å²) in [6.45, 7) is 12.5. The molecule has 0 saturated carbocycles. The van der Waals surface area contributed by atoms with E-state index in [1.807, 2.05) is 32.8 Å². The number of amides is 1. The van der Waals surface area contributed by atoms with Crippen molar-refractivity contribution < 1.29 is 67.1 Å². The second-order valence-electron chi connectivity index (χ2n) is 17.7. The van der Waals surface area contributed by atoms with E-state index < -0.39 is 77.3 Å². The predicted molar refractivity (Wildman–Crippen MR) is 237 cm³/mol. The number of ether oxygens (including phenoxy) is 7. The van der Waals surface area contributed by atoms with E-state index in [0.29, 0.717) is 45.1 Å². The quantitative estimate of drug-likeness (QED) is 0.175. The van der Waals surface area contributed by atoms with Gasteiger partial charge in [0.25, 0.3) is 0 Å². The van der Waals surface area contributed by atoms with Crippen LogP contribution >= 0.6 is 15.9 Å². The van der Waals surface area contributed by atoms with E-state index in [2.05, 4.69) is 31.2 Å². The van der Waals surface area contributed by atoms with Gasteiger partial charge in [0.05, 0.1) is 55.8 Å². The first kappa shape index (κ1) is 51.2. The molecule has 2 bridgehead atoms. The molecule has 12 atom stereocenters. The fourth-order valence-corrected chi connectivity index (χ4v) is 9.32. The molecule has 5 rings (SSSR count). The van der Waals surface area contributed by atoms with E-state index in [1.165, 1.54) is 35.0 Å². The third-order valence-electron chi connectivity index (χ3n) is 12.5. The molecule has 19 heteroatoms. The Morgan fingerprint density at radius 3 is 2.42 bits per heavy atom. The Morgan fingerprint density at radius 2 is 1.78 bits per heavy atom. The van der Waals surface area contributed by atoms with Crippen molar-refractivity contribution in [2.24, 2.45) is 27.9 Å². The van der Waals surface area contributed by atoms with Gasteiger partial charge in [0, 0.05) is 42.6 Å². The maximum Gasteiger partial charge on any atom is 0.316 e. The van der Waals surface area contributed by atoms with Crippen molar-refractivity contribution in [3.8, 4) is 22.8 Å². The predicted octanol–water partition coefficient (Wildman–Crippen LogP) is 5.31. The number of likely N-dealkylation sites (N-methyl/N-ethyl adjacent to an activating group) is 1. The summed E-state index contributed by atoms with van der Waals surface area (Å²) < 4.78 is 49.7. The summed E-state index contributed by atoms with van der Waals surface area (Å²) in [7, 11) is 6.77. The Kier molecular flexibility index (Phi) is 17.3. The number of oxime groups is 1. The number of hydrogen-bond acceptors (Lipinski definition) is 17. The van der Waals surface area contributed by atoms with Gasteiger partial charge in [-0.15, -0.1) is 0 Å². The first-order valence-corrected chi connectivity index (χ1v) is 22.4. The first-order chi connectivity index (χ1) is 30.1. The summed E-state index contributed by atoms with van der Waals surface area (Å²) in [5.41, 5.74) is -1.62. The van der Waals surface area contributed by atoms with Crippen LogP contribution < -0.4 is 9.47 Å². The Hall–Kier alpha value is -3.82. The van der Waals surface area contributed by atoms with Crippen LogP contribution in [0.2, 0.25) is 0 Å². The first-order valence-electron chi connectivity index (χ1n) is 21.6. The third-order valence-corrected chi connectivity index (χ3v) is 13.1. The van der Waals surface area contributed by atoms with Gasteiger partial charge in [0.15, 0.2) is 35.9 Å². The zero-order valence-electron chi connectivity index (χ0n) is 38.9. The number of rotatable bonds is 10. The Balaban J connectivity index is 1.60. The molecule has 0 unspecified atom stereocenters. The molecule has 356 valence electrons. The number of aliphatic hydroxyl groups is 2. The molecule has 2 N–H and O–H groups in total. The van der Waals surface area contributed by atoms with Crippen LogP contribution in [0.5, 0.6) is 11.5 Å². The van der Waals surface area contributed by atoms with Crippen molar-refractivity contribution in [1.29, 1.82) is 0 Å². The number of ketones is 1. The van der Waals surface area contributed by atoms with Gasteiger partial charge in [0.2, 0.25) is 5.91 Å². The Bertz CT molecular complexity index is 2020. The minimum Gasteiger partial charge on any atom is -0.492 e. The Morgan fingerprint density at radius 1 is 1.08 bits per heavy atom. The number of nitrogens with zero attached hydrogens (tertiary/aromatic N) is 4. The number of halogens is 1. The number of aliphatic imine (C=N–C) groups is 1. The maximum absolute atomic E-state index is 14.5. The van der Waals surface area contributed by atoms with Crippen molar-refractivity contribution in [3.63, 3.8) is 0 Å². The smallest absolute Gasteiger partial charge is 0.316 e. The molecule has 3 aliphatic heterocycles. The summed E-state index contributed by atoms with van der Waals surface area (Å²) in [5.74, 6) is -3.46. The third kappa shape index (κ3) is 11.6. The second kappa shape index (κ2) is 21.7. The van der Waals surface area contributed by atoms with Crippen molar-refractivity contribution in [3.05, 3.63) is 28.4 Å². The number of aromatic nitrogens is 1. The number of hydrogen-bond donors (Lipinski definition) is 2. The summed E-state index contributed by atoms with van der Waals surface area (Å²) >= 11 is 3.47. The lowest BCUT2D eigenvalue weighted by Crippen LogP contribution is -2.59. The molecule has 3 fully saturated rings. The maximum atomic E-state index is 14.5. The monoisotopic (exact) mass is 964 g/mol. The van der Waals surface area contributed by atoms with Gasteiger partial charge in [-0.2, -0.15) is 0 Å². The van der Waals surface area contributed by atoms with Gasteiger partial charge in [-0.3, -0.25) is 14.4 Å². The molecular weight excluding hydrogens is 900 g/mol. The molecule has 0 spiro atoms. The highest BCUT2D eigenvalue weighted by Gasteiger charge is 2.52. The molecule has 1 aromatic carbocycles. The number of methoxy groups -OCH3 is 2. The Labute approximate surface area is 383 Å². The lowest BCUT2D eigenvalue weighted by atomic mass is 9.76. The van der Waals surface area contributed by atoms with E-state index in [9.17, 15) is 24.6 Å². The van der Waals surface area contributed by atoms with Crippen LogP contribution in [-0.4, -0.2) is 145 Å². The normalized spacial score (nSPS) is 34.8. The van der Waals surface area contributed by atoms with Crippen LogP contribution in [0.15, 0.2) is 37.3 Å². The number of carbonyl (C=O) groups is 3. The van der Waals surface area contributed by atoms with Gasteiger partial charge in [-0.25, -0.2) is 4.99 Å². The topological polar surface area (TPSA) is 219 Å². The lowest BCUT2D eigenvalue weighted by Gasteiger charge is -2.47. The molecule has 3 saturated heterocycles. The van der Waals surface area contributed by atoms with Gasteiger partial charge in [0.1, 0.15) is 35.1 Å². The minimum absolute atomic E-state index is 0.0563. The number of fused-ring (bicyclic) bond motifs is 5. The number of aliphatic hydroxyl groups excluding tert-OH is 1. The van der Waals surface area contributed by atoms with E-state index >= 15 is 0 Å². The average molecular weight is 966 g/mol. The number of esters is 1.